The van der Waals surface area contributed by atoms with E-state index in [9.17, 15) is 65.5 Å². The summed E-state index contributed by atoms with van der Waals surface area (Å²) < 4.78 is 201. The highest BCUT2D eigenvalue weighted by Gasteiger charge is 2.92. The van der Waals surface area contributed by atoms with Crippen LogP contribution in [0, 0.1) is 0 Å². The molecule has 1 unspecified atom stereocenters. The molecule has 0 saturated heterocycles. The highest BCUT2D eigenvalue weighted by Crippen LogP contribution is 2.61. The van der Waals surface area contributed by atoms with E-state index in [0.717, 1.165) is 0 Å². The van der Waals surface area contributed by atoms with E-state index in [2.05, 4.69) is 5.32 Å². The third kappa shape index (κ3) is 5.53. The van der Waals surface area contributed by atoms with Gasteiger partial charge in [-0.3, -0.25) is 4.55 Å². The van der Waals surface area contributed by atoms with E-state index in [1.54, 1.807) is 0 Å². The molecular formula is C14H20F13NO3S. The summed E-state index contributed by atoms with van der Waals surface area (Å²) in [7, 11) is -3.87. The molecule has 0 radical (unpaired) electrons. The van der Waals surface area contributed by atoms with Crippen molar-refractivity contribution in [3.05, 3.63) is 0 Å². The van der Waals surface area contributed by atoms with Crippen LogP contribution >= 0.6 is 0 Å². The molecule has 32 heavy (non-hydrogen) atoms. The van der Waals surface area contributed by atoms with Gasteiger partial charge in [0.2, 0.25) is 0 Å². The molecule has 0 aliphatic rings. The molecule has 0 saturated carbocycles. The lowest BCUT2D eigenvalue weighted by atomic mass is 9.91. The normalized spacial score (nSPS) is 15.8. The summed E-state index contributed by atoms with van der Waals surface area (Å²) in [6.45, 7) is 1.41. The molecule has 0 aromatic rings. The van der Waals surface area contributed by atoms with Crippen LogP contribution in [0.2, 0.25) is 0 Å². The van der Waals surface area contributed by atoms with Crippen molar-refractivity contribution in [2.75, 3.05) is 14.1 Å². The zero-order chi connectivity index (χ0) is 26.6. The molecule has 0 aromatic heterocycles. The van der Waals surface area contributed by atoms with Gasteiger partial charge in [-0.2, -0.15) is 61.1 Å². The van der Waals surface area contributed by atoms with Crippen LogP contribution in [0.25, 0.3) is 0 Å². The van der Waals surface area contributed by atoms with Crippen LogP contribution in [0.1, 0.15) is 32.6 Å². The zero-order valence-corrected chi connectivity index (χ0v) is 17.3. The summed E-state index contributed by atoms with van der Waals surface area (Å²) in [6.07, 6.45) is -6.44. The van der Waals surface area contributed by atoms with Gasteiger partial charge in [0, 0.05) is 0 Å². The fourth-order valence-electron chi connectivity index (χ4n) is 1.90. The van der Waals surface area contributed by atoms with Gasteiger partial charge in [0.15, 0.2) is 6.17 Å². The molecule has 196 valence electrons. The Labute approximate surface area is 174 Å². The van der Waals surface area contributed by atoms with E-state index < -0.39 is 64.0 Å². The first kappa shape index (κ1) is 33.1. The quantitative estimate of drug-likeness (QED) is 0.214. The molecule has 0 aliphatic heterocycles. The molecule has 0 aromatic carbocycles. The average molecular weight is 529 g/mol. The van der Waals surface area contributed by atoms with Crippen LogP contribution in [-0.4, -0.2) is 68.1 Å². The van der Waals surface area contributed by atoms with E-state index in [1.807, 2.05) is 14.1 Å². The Morgan fingerprint density at radius 3 is 1.41 bits per heavy atom. The maximum absolute atomic E-state index is 13.4. The largest absolute Gasteiger partial charge is 0.438 e. The number of unbranched alkanes of at least 4 members (excludes halogenated alkanes) is 2. The van der Waals surface area contributed by atoms with Crippen molar-refractivity contribution in [3.63, 3.8) is 0 Å². The van der Waals surface area contributed by atoms with E-state index in [0.29, 0.717) is 0 Å². The number of hydrogen-bond acceptors (Lipinski definition) is 3. The molecule has 2 N–H and O–H groups in total. The van der Waals surface area contributed by atoms with Gasteiger partial charge in [-0.05, 0) is 20.5 Å². The maximum atomic E-state index is 13.4. The maximum Gasteiger partial charge on any atom is 0.438 e. The van der Waals surface area contributed by atoms with E-state index in [4.69, 9.17) is 4.55 Å². The van der Waals surface area contributed by atoms with Gasteiger partial charge in [0.05, 0.1) is 0 Å². The number of halogens is 13. The second kappa shape index (κ2) is 10.5. The smallest absolute Gasteiger partial charge is 0.323 e. The standard InChI is InChI=1S/C12H13F13O3S.C2H7N/c1-2-3-4-5-6(13)7(14,15)8(16,17)9(18,19)10(20,21)11(22,23)12(24,25)29(26,27)28;1-3-2/h6H,2-5H2,1H3,(H,26,27,28);3H,1-2H3. The monoisotopic (exact) mass is 529 g/mol. The van der Waals surface area contributed by atoms with Gasteiger partial charge >= 0.3 is 45.0 Å². The van der Waals surface area contributed by atoms with Crippen molar-refractivity contribution in [3.8, 4) is 0 Å². The van der Waals surface area contributed by atoms with Gasteiger partial charge in [0.25, 0.3) is 0 Å². The molecular weight excluding hydrogens is 509 g/mol. The summed E-state index contributed by atoms with van der Waals surface area (Å²) in [5.74, 6) is -38.8. The predicted molar refractivity (Wildman–Crippen MR) is 85.3 cm³/mol. The van der Waals surface area contributed by atoms with Gasteiger partial charge in [-0.1, -0.05) is 26.2 Å². The van der Waals surface area contributed by atoms with Crippen LogP contribution in [0.15, 0.2) is 0 Å². The lowest BCUT2D eigenvalue weighted by molar-refractivity contribution is -0.421. The van der Waals surface area contributed by atoms with Crippen molar-refractivity contribution < 1.29 is 70.0 Å². The van der Waals surface area contributed by atoms with Crippen molar-refractivity contribution >= 4 is 10.1 Å². The van der Waals surface area contributed by atoms with Crippen LogP contribution in [0.5, 0.6) is 0 Å². The Morgan fingerprint density at radius 1 is 0.750 bits per heavy atom. The van der Waals surface area contributed by atoms with Crippen molar-refractivity contribution in [2.24, 2.45) is 0 Å². The Hall–Kier alpha value is -1.04. The van der Waals surface area contributed by atoms with Gasteiger partial charge in [0.1, 0.15) is 0 Å². The topological polar surface area (TPSA) is 66.4 Å². The second-order valence-electron chi connectivity index (χ2n) is 6.38. The van der Waals surface area contributed by atoms with Crippen LogP contribution in [0.3, 0.4) is 0 Å². The average Bonchev–Trinajstić information content (AvgIpc) is 2.60. The Kier molecular flexibility index (Phi) is 10.9. The van der Waals surface area contributed by atoms with Crippen LogP contribution in [-0.2, 0) is 10.1 Å². The van der Waals surface area contributed by atoms with E-state index in [1.165, 1.54) is 6.92 Å². The highest BCUT2D eigenvalue weighted by atomic mass is 32.2. The number of alkyl halides is 13. The number of nitrogens with one attached hydrogen (secondary N) is 1. The summed E-state index contributed by atoms with van der Waals surface area (Å²) >= 11 is 0. The SMILES string of the molecule is CCCCCC(F)C(F)(F)C(F)(F)C(F)(F)C(F)(F)C(F)(F)C(F)(F)S(=O)(=O)O.CNC. The fourth-order valence-corrected chi connectivity index (χ4v) is 2.35. The van der Waals surface area contributed by atoms with Crippen molar-refractivity contribution in [1.82, 2.24) is 5.32 Å². The Balaban J connectivity index is 0. The molecule has 0 rings (SSSR count). The van der Waals surface area contributed by atoms with Gasteiger partial charge in [-0.25, -0.2) is 4.39 Å². The Bertz CT molecular complexity index is 698. The predicted octanol–water partition coefficient (Wildman–Crippen LogP) is 5.40. The molecule has 18 heteroatoms. The minimum absolute atomic E-state index is 0.104. The first-order valence-electron chi connectivity index (χ1n) is 8.36. The second-order valence-corrected chi connectivity index (χ2v) is 7.84. The number of hydrogen-bond donors (Lipinski definition) is 2. The van der Waals surface area contributed by atoms with E-state index in [-0.39, 0.29) is 12.8 Å². The Morgan fingerprint density at radius 2 is 1.09 bits per heavy atom. The molecule has 0 spiro atoms. The van der Waals surface area contributed by atoms with E-state index >= 15 is 0 Å². The fraction of sp³-hybridized carbons (Fsp3) is 1.00. The third-order valence-corrected chi connectivity index (χ3v) is 4.65. The van der Waals surface area contributed by atoms with Gasteiger partial charge < -0.3 is 5.32 Å². The van der Waals surface area contributed by atoms with Crippen LogP contribution < -0.4 is 5.32 Å². The molecule has 0 aliphatic carbocycles. The minimum atomic E-state index is -8.20. The lowest BCUT2D eigenvalue weighted by Crippen LogP contribution is -2.72. The zero-order valence-electron chi connectivity index (χ0n) is 16.5. The minimum Gasteiger partial charge on any atom is -0.323 e. The highest BCUT2D eigenvalue weighted by molar-refractivity contribution is 7.87. The molecule has 0 fully saturated rings. The summed E-state index contributed by atoms with van der Waals surface area (Å²) in [6, 6.07) is 0. The first-order valence-corrected chi connectivity index (χ1v) is 9.80. The van der Waals surface area contributed by atoms with Crippen molar-refractivity contribution in [1.29, 1.82) is 0 Å². The van der Waals surface area contributed by atoms with Crippen molar-refractivity contribution in [2.45, 2.75) is 73.6 Å². The third-order valence-electron chi connectivity index (χ3n) is 3.75. The summed E-state index contributed by atoms with van der Waals surface area (Å²) in [5, 5.41) is -4.76. The van der Waals surface area contributed by atoms with Crippen LogP contribution in [0.4, 0.5) is 57.1 Å². The molecule has 0 bridgehead atoms. The molecule has 0 heterocycles. The summed E-state index contributed by atoms with van der Waals surface area (Å²) in [5.41, 5.74) is 0. The van der Waals surface area contributed by atoms with Gasteiger partial charge in [-0.15, -0.1) is 0 Å². The molecule has 4 nitrogen and oxygen atoms in total. The molecule has 1 atom stereocenters. The summed E-state index contributed by atoms with van der Waals surface area (Å²) in [4.78, 5) is 0. The lowest BCUT2D eigenvalue weighted by Gasteiger charge is -2.41. The first-order chi connectivity index (χ1) is 13.9. The number of rotatable bonds is 11. The molecule has 0 amide bonds.